The standard InChI is InChI=1S/C12H15FN2O2S/c1-3-5-11(4-2)15-18(16,17)12-7-9(13)6-10(14)8-12/h2,6-8,11,15H,3,5,14H2,1H3. The van der Waals surface area contributed by atoms with E-state index in [0.717, 1.165) is 18.6 Å². The Balaban J connectivity index is 3.03. The number of rotatable bonds is 5. The van der Waals surface area contributed by atoms with Gasteiger partial charge < -0.3 is 5.73 Å². The molecule has 0 aliphatic rings. The van der Waals surface area contributed by atoms with Crippen LogP contribution in [0.1, 0.15) is 19.8 Å². The first-order chi connectivity index (χ1) is 8.39. The molecule has 0 heterocycles. The molecule has 0 aliphatic heterocycles. The maximum Gasteiger partial charge on any atom is 0.241 e. The van der Waals surface area contributed by atoms with E-state index in [1.165, 1.54) is 6.07 Å². The van der Waals surface area contributed by atoms with Crippen LogP contribution in [0.2, 0.25) is 0 Å². The van der Waals surface area contributed by atoms with Crippen LogP contribution < -0.4 is 10.5 Å². The summed E-state index contributed by atoms with van der Waals surface area (Å²) in [6.07, 6.45) is 6.48. The van der Waals surface area contributed by atoms with Crippen LogP contribution >= 0.6 is 0 Å². The van der Waals surface area contributed by atoms with Crippen molar-refractivity contribution in [2.75, 3.05) is 5.73 Å². The molecule has 4 nitrogen and oxygen atoms in total. The van der Waals surface area contributed by atoms with Gasteiger partial charge in [0.15, 0.2) is 0 Å². The zero-order valence-corrected chi connectivity index (χ0v) is 10.8. The van der Waals surface area contributed by atoms with E-state index in [-0.39, 0.29) is 10.6 Å². The van der Waals surface area contributed by atoms with Crippen LogP contribution in [0.4, 0.5) is 10.1 Å². The highest BCUT2D eigenvalue weighted by Gasteiger charge is 2.19. The Hall–Kier alpha value is -1.58. The van der Waals surface area contributed by atoms with Crippen molar-refractivity contribution < 1.29 is 12.8 Å². The van der Waals surface area contributed by atoms with Crippen LogP contribution in [0.3, 0.4) is 0 Å². The molecule has 3 N–H and O–H groups in total. The second-order valence-electron chi connectivity index (χ2n) is 3.85. The van der Waals surface area contributed by atoms with Gasteiger partial charge in [-0.05, 0) is 24.6 Å². The minimum atomic E-state index is -3.85. The summed E-state index contributed by atoms with van der Waals surface area (Å²) in [4.78, 5) is -0.226. The molecule has 0 fully saturated rings. The third-order valence-electron chi connectivity index (χ3n) is 2.28. The number of hydrogen-bond donors (Lipinski definition) is 2. The first-order valence-corrected chi connectivity index (χ1v) is 6.92. The van der Waals surface area contributed by atoms with E-state index in [1.54, 1.807) is 0 Å². The van der Waals surface area contributed by atoms with Gasteiger partial charge in [0.2, 0.25) is 10.0 Å². The van der Waals surface area contributed by atoms with E-state index < -0.39 is 21.9 Å². The van der Waals surface area contributed by atoms with Gasteiger partial charge in [0.1, 0.15) is 5.82 Å². The third-order valence-corrected chi connectivity index (χ3v) is 3.73. The van der Waals surface area contributed by atoms with Gasteiger partial charge in [-0.2, -0.15) is 4.72 Å². The molecule has 1 aromatic carbocycles. The smallest absolute Gasteiger partial charge is 0.241 e. The molecular formula is C12H15FN2O2S. The summed E-state index contributed by atoms with van der Waals surface area (Å²) < 4.78 is 39.3. The number of anilines is 1. The molecule has 1 atom stereocenters. The second kappa shape index (κ2) is 5.85. The van der Waals surface area contributed by atoms with Crippen molar-refractivity contribution in [1.29, 1.82) is 0 Å². The lowest BCUT2D eigenvalue weighted by molar-refractivity contribution is 0.561. The zero-order valence-electron chi connectivity index (χ0n) is 9.98. The van der Waals surface area contributed by atoms with Gasteiger partial charge in [-0.3, -0.25) is 0 Å². The number of terminal acetylenes is 1. The fourth-order valence-corrected chi connectivity index (χ4v) is 2.72. The van der Waals surface area contributed by atoms with E-state index >= 15 is 0 Å². The molecule has 18 heavy (non-hydrogen) atoms. The van der Waals surface area contributed by atoms with E-state index in [4.69, 9.17) is 12.2 Å². The van der Waals surface area contributed by atoms with Crippen molar-refractivity contribution >= 4 is 15.7 Å². The first-order valence-electron chi connectivity index (χ1n) is 5.43. The molecule has 0 spiro atoms. The van der Waals surface area contributed by atoms with Crippen molar-refractivity contribution in [3.8, 4) is 12.3 Å². The maximum atomic E-state index is 13.1. The molecule has 0 saturated heterocycles. The number of nitrogens with two attached hydrogens (primary N) is 1. The minimum Gasteiger partial charge on any atom is -0.399 e. The second-order valence-corrected chi connectivity index (χ2v) is 5.56. The van der Waals surface area contributed by atoms with Gasteiger partial charge in [0, 0.05) is 5.69 Å². The largest absolute Gasteiger partial charge is 0.399 e. The van der Waals surface area contributed by atoms with Crippen LogP contribution in [-0.4, -0.2) is 14.5 Å². The maximum absolute atomic E-state index is 13.1. The van der Waals surface area contributed by atoms with E-state index in [9.17, 15) is 12.8 Å². The Morgan fingerprint density at radius 1 is 1.50 bits per heavy atom. The number of sulfonamides is 1. The zero-order chi connectivity index (χ0) is 13.8. The third kappa shape index (κ3) is 3.72. The monoisotopic (exact) mass is 270 g/mol. The molecule has 0 bridgehead atoms. The fourth-order valence-electron chi connectivity index (χ4n) is 1.46. The number of benzene rings is 1. The Labute approximate surface area is 106 Å². The van der Waals surface area contributed by atoms with Gasteiger partial charge in [0.25, 0.3) is 0 Å². The summed E-state index contributed by atoms with van der Waals surface area (Å²) in [7, 11) is -3.85. The number of halogens is 1. The van der Waals surface area contributed by atoms with Crippen LogP contribution in [-0.2, 0) is 10.0 Å². The van der Waals surface area contributed by atoms with Crippen LogP contribution in [0.5, 0.6) is 0 Å². The summed E-state index contributed by atoms with van der Waals surface area (Å²) >= 11 is 0. The summed E-state index contributed by atoms with van der Waals surface area (Å²) in [5, 5.41) is 0. The summed E-state index contributed by atoms with van der Waals surface area (Å²) in [5.74, 6) is 1.64. The Kier molecular flexibility index (Phi) is 4.70. The topological polar surface area (TPSA) is 72.2 Å². The number of nitrogens with one attached hydrogen (secondary N) is 1. The van der Waals surface area contributed by atoms with Crippen molar-refractivity contribution in [2.24, 2.45) is 0 Å². The van der Waals surface area contributed by atoms with Gasteiger partial charge >= 0.3 is 0 Å². The van der Waals surface area contributed by atoms with Gasteiger partial charge in [0.05, 0.1) is 10.9 Å². The molecule has 0 amide bonds. The van der Waals surface area contributed by atoms with Crippen LogP contribution in [0, 0.1) is 18.2 Å². The van der Waals surface area contributed by atoms with Crippen molar-refractivity contribution in [2.45, 2.75) is 30.7 Å². The van der Waals surface area contributed by atoms with Gasteiger partial charge in [-0.25, -0.2) is 12.8 Å². The predicted molar refractivity (Wildman–Crippen MR) is 68.7 cm³/mol. The normalized spacial score (nSPS) is 12.9. The number of hydrogen-bond acceptors (Lipinski definition) is 3. The van der Waals surface area contributed by atoms with Crippen molar-refractivity contribution in [3.05, 3.63) is 24.0 Å². The molecule has 0 saturated carbocycles. The Morgan fingerprint density at radius 2 is 2.17 bits per heavy atom. The first kappa shape index (κ1) is 14.5. The lowest BCUT2D eigenvalue weighted by Gasteiger charge is -2.13. The highest BCUT2D eigenvalue weighted by Crippen LogP contribution is 2.16. The highest BCUT2D eigenvalue weighted by molar-refractivity contribution is 7.89. The number of nitrogen functional groups attached to an aromatic ring is 1. The Morgan fingerprint density at radius 3 is 2.67 bits per heavy atom. The average Bonchev–Trinajstić information content (AvgIpc) is 2.27. The Bertz CT molecular complexity index is 544. The fraction of sp³-hybridized carbons (Fsp3) is 0.333. The molecule has 0 aromatic heterocycles. The molecule has 0 radical (unpaired) electrons. The molecule has 6 heteroatoms. The molecule has 1 unspecified atom stereocenters. The molecule has 1 rings (SSSR count). The van der Waals surface area contributed by atoms with E-state index in [0.29, 0.717) is 6.42 Å². The molecule has 98 valence electrons. The van der Waals surface area contributed by atoms with Crippen LogP contribution in [0.15, 0.2) is 23.1 Å². The lowest BCUT2D eigenvalue weighted by atomic mass is 10.2. The van der Waals surface area contributed by atoms with Crippen LogP contribution in [0.25, 0.3) is 0 Å². The summed E-state index contributed by atoms with van der Waals surface area (Å²) in [5.41, 5.74) is 5.45. The minimum absolute atomic E-state index is 0.0446. The van der Waals surface area contributed by atoms with Crippen molar-refractivity contribution in [3.63, 3.8) is 0 Å². The average molecular weight is 270 g/mol. The molecule has 0 aliphatic carbocycles. The SMILES string of the molecule is C#CC(CCC)NS(=O)(=O)c1cc(N)cc(F)c1. The summed E-state index contributed by atoms with van der Waals surface area (Å²) in [6.45, 7) is 1.89. The van der Waals surface area contributed by atoms with Gasteiger partial charge in [-0.1, -0.05) is 19.3 Å². The lowest BCUT2D eigenvalue weighted by Crippen LogP contribution is -2.33. The molecule has 1 aromatic rings. The quantitative estimate of drug-likeness (QED) is 0.629. The predicted octanol–water partition coefficient (Wildman–Crippen LogP) is 1.49. The van der Waals surface area contributed by atoms with E-state index in [1.807, 2.05) is 6.92 Å². The molecular weight excluding hydrogens is 255 g/mol. The highest BCUT2D eigenvalue weighted by atomic mass is 32.2. The summed E-state index contributed by atoms with van der Waals surface area (Å²) in [6, 6.07) is 2.52. The van der Waals surface area contributed by atoms with E-state index in [2.05, 4.69) is 10.6 Å². The van der Waals surface area contributed by atoms with Gasteiger partial charge in [-0.15, -0.1) is 6.42 Å². The van der Waals surface area contributed by atoms with Crippen molar-refractivity contribution in [1.82, 2.24) is 4.72 Å².